The summed E-state index contributed by atoms with van der Waals surface area (Å²) in [5.41, 5.74) is 0. The minimum atomic E-state index is -0.935. The molecule has 0 saturated carbocycles. The molecule has 9 heavy (non-hydrogen) atoms. The molecule has 0 bridgehead atoms. The van der Waals surface area contributed by atoms with E-state index in [4.69, 9.17) is 5.11 Å². The zero-order chi connectivity index (χ0) is 7.11. The molecular formula is C4H8O5. The van der Waals surface area contributed by atoms with Crippen molar-refractivity contribution < 1.29 is 24.7 Å². The zero-order valence-corrected chi connectivity index (χ0v) is 4.99. The Morgan fingerprint density at radius 3 is 2.78 bits per heavy atom. The van der Waals surface area contributed by atoms with Crippen molar-refractivity contribution in [2.75, 3.05) is 13.7 Å². The standard InChI is InChI=1S/C4H8O5/c1-7-9-8-3-2-4(5)6/h2-3H2,1H3,(H,5,6). The van der Waals surface area contributed by atoms with Crippen molar-refractivity contribution in [3.05, 3.63) is 0 Å². The lowest BCUT2D eigenvalue weighted by Crippen LogP contribution is -2.02. The van der Waals surface area contributed by atoms with Gasteiger partial charge in [-0.05, 0) is 0 Å². The van der Waals surface area contributed by atoms with Gasteiger partial charge in [0.1, 0.15) is 0 Å². The summed E-state index contributed by atoms with van der Waals surface area (Å²) in [6.45, 7) is -0.0107. The molecule has 0 amide bonds. The summed E-state index contributed by atoms with van der Waals surface area (Å²) in [6, 6.07) is 0. The Morgan fingerprint density at radius 1 is 1.67 bits per heavy atom. The highest BCUT2D eigenvalue weighted by atomic mass is 17.5. The average molecular weight is 136 g/mol. The van der Waals surface area contributed by atoms with Gasteiger partial charge in [0.2, 0.25) is 0 Å². The van der Waals surface area contributed by atoms with Gasteiger partial charge in [-0.2, -0.15) is 0 Å². The van der Waals surface area contributed by atoms with Crippen molar-refractivity contribution in [2.24, 2.45) is 0 Å². The molecule has 5 nitrogen and oxygen atoms in total. The van der Waals surface area contributed by atoms with Crippen LogP contribution in [0.1, 0.15) is 6.42 Å². The van der Waals surface area contributed by atoms with Crippen molar-refractivity contribution in [1.82, 2.24) is 0 Å². The molecule has 0 unspecified atom stereocenters. The van der Waals surface area contributed by atoms with Crippen molar-refractivity contribution in [3.63, 3.8) is 0 Å². The van der Waals surface area contributed by atoms with Crippen LogP contribution in [0.25, 0.3) is 0 Å². The third-order valence-electron chi connectivity index (χ3n) is 0.515. The Balaban J connectivity index is 2.83. The van der Waals surface area contributed by atoms with Gasteiger partial charge in [0.05, 0.1) is 20.1 Å². The summed E-state index contributed by atoms with van der Waals surface area (Å²) >= 11 is 0. The predicted octanol–water partition coefficient (Wildman–Crippen LogP) is -0.0293. The number of carboxylic acids is 1. The minimum Gasteiger partial charge on any atom is -0.481 e. The fourth-order valence-corrected chi connectivity index (χ4v) is 0.211. The van der Waals surface area contributed by atoms with E-state index in [0.717, 1.165) is 0 Å². The van der Waals surface area contributed by atoms with E-state index in [1.54, 1.807) is 0 Å². The largest absolute Gasteiger partial charge is 0.481 e. The molecule has 0 aliphatic carbocycles. The van der Waals surface area contributed by atoms with E-state index in [0.29, 0.717) is 0 Å². The number of hydrogen-bond donors (Lipinski definition) is 1. The maximum absolute atomic E-state index is 9.79. The maximum Gasteiger partial charge on any atom is 0.305 e. The first-order valence-electron chi connectivity index (χ1n) is 2.31. The Labute approximate surface area is 52.0 Å². The van der Waals surface area contributed by atoms with Crippen LogP contribution < -0.4 is 0 Å². The van der Waals surface area contributed by atoms with E-state index in [1.165, 1.54) is 7.11 Å². The van der Waals surface area contributed by atoms with Crippen LogP contribution in [0.15, 0.2) is 0 Å². The van der Waals surface area contributed by atoms with Crippen LogP contribution in [-0.4, -0.2) is 24.8 Å². The smallest absolute Gasteiger partial charge is 0.305 e. The van der Waals surface area contributed by atoms with Gasteiger partial charge in [-0.25, -0.2) is 9.78 Å². The number of rotatable bonds is 5. The molecule has 0 rings (SSSR count). The Kier molecular flexibility index (Phi) is 5.09. The predicted molar refractivity (Wildman–Crippen MR) is 26.3 cm³/mol. The normalized spacial score (nSPS) is 9.44. The van der Waals surface area contributed by atoms with Crippen molar-refractivity contribution in [2.45, 2.75) is 6.42 Å². The van der Waals surface area contributed by atoms with Crippen LogP contribution >= 0.6 is 0 Å². The van der Waals surface area contributed by atoms with Crippen LogP contribution in [0, 0.1) is 0 Å². The molecule has 54 valence electrons. The SMILES string of the molecule is COOOCCC(=O)O. The average Bonchev–Trinajstić information content (AvgIpc) is 1.80. The highest BCUT2D eigenvalue weighted by Crippen LogP contribution is 1.82. The molecule has 5 heteroatoms. The van der Waals surface area contributed by atoms with E-state index in [1.807, 2.05) is 0 Å². The summed E-state index contributed by atoms with van der Waals surface area (Å²) in [4.78, 5) is 18.0. The van der Waals surface area contributed by atoms with Gasteiger partial charge in [-0.1, -0.05) is 5.04 Å². The Hall–Kier alpha value is -0.650. The molecule has 0 aliphatic rings. The van der Waals surface area contributed by atoms with Gasteiger partial charge in [0.15, 0.2) is 0 Å². The number of carboxylic acid groups (broad SMARTS) is 1. The molecule has 0 fully saturated rings. The topological polar surface area (TPSA) is 65.0 Å². The van der Waals surface area contributed by atoms with Crippen molar-refractivity contribution in [3.8, 4) is 0 Å². The third-order valence-corrected chi connectivity index (χ3v) is 0.515. The monoisotopic (exact) mass is 136 g/mol. The Bertz CT molecular complexity index is 81.0. The summed E-state index contributed by atoms with van der Waals surface area (Å²) in [7, 11) is 1.26. The highest BCUT2D eigenvalue weighted by molar-refractivity contribution is 5.66. The van der Waals surface area contributed by atoms with Crippen molar-refractivity contribution >= 4 is 5.97 Å². The van der Waals surface area contributed by atoms with Crippen molar-refractivity contribution in [1.29, 1.82) is 0 Å². The molecule has 0 aromatic carbocycles. The minimum absolute atomic E-state index is 0.0107. The second-order valence-corrected chi connectivity index (χ2v) is 1.20. The van der Waals surface area contributed by atoms with Gasteiger partial charge in [-0.3, -0.25) is 4.79 Å². The van der Waals surface area contributed by atoms with E-state index in [-0.39, 0.29) is 13.0 Å². The zero-order valence-electron chi connectivity index (χ0n) is 4.99. The molecule has 0 spiro atoms. The lowest BCUT2D eigenvalue weighted by Gasteiger charge is -1.95. The van der Waals surface area contributed by atoms with Crippen LogP contribution in [-0.2, 0) is 19.6 Å². The highest BCUT2D eigenvalue weighted by Gasteiger charge is 1.95. The van der Waals surface area contributed by atoms with Gasteiger partial charge in [0, 0.05) is 0 Å². The van der Waals surface area contributed by atoms with E-state index < -0.39 is 5.97 Å². The summed E-state index contributed by atoms with van der Waals surface area (Å²) in [5.74, 6) is -0.935. The Morgan fingerprint density at radius 2 is 2.33 bits per heavy atom. The van der Waals surface area contributed by atoms with E-state index in [2.05, 4.69) is 14.8 Å². The molecule has 0 radical (unpaired) electrons. The second-order valence-electron chi connectivity index (χ2n) is 1.20. The second kappa shape index (κ2) is 5.49. The van der Waals surface area contributed by atoms with Crippen LogP contribution in [0.5, 0.6) is 0 Å². The number of aliphatic carboxylic acids is 1. The summed E-state index contributed by atoms with van der Waals surface area (Å²) < 4.78 is 0. The molecule has 0 heterocycles. The fourth-order valence-electron chi connectivity index (χ4n) is 0.211. The third kappa shape index (κ3) is 7.35. The molecule has 1 N–H and O–H groups in total. The van der Waals surface area contributed by atoms with Crippen LogP contribution in [0.2, 0.25) is 0 Å². The molecule has 0 aliphatic heterocycles. The molecule has 0 atom stereocenters. The molecule has 0 aromatic rings. The fraction of sp³-hybridized carbons (Fsp3) is 0.750. The molecule has 0 aromatic heterocycles. The number of hydrogen-bond acceptors (Lipinski definition) is 4. The van der Waals surface area contributed by atoms with E-state index in [9.17, 15) is 4.79 Å². The van der Waals surface area contributed by atoms with Crippen LogP contribution in [0.3, 0.4) is 0 Å². The van der Waals surface area contributed by atoms with Gasteiger partial charge < -0.3 is 5.11 Å². The van der Waals surface area contributed by atoms with Crippen LogP contribution in [0.4, 0.5) is 0 Å². The number of carbonyl (C=O) groups is 1. The lowest BCUT2D eigenvalue weighted by atomic mass is 10.5. The van der Waals surface area contributed by atoms with E-state index >= 15 is 0 Å². The maximum atomic E-state index is 9.79. The first-order chi connectivity index (χ1) is 4.27. The van der Waals surface area contributed by atoms with Gasteiger partial charge in [0.25, 0.3) is 0 Å². The van der Waals surface area contributed by atoms with Gasteiger partial charge in [-0.15, -0.1) is 0 Å². The first kappa shape index (κ1) is 8.35. The quantitative estimate of drug-likeness (QED) is 0.326. The first-order valence-corrected chi connectivity index (χ1v) is 2.31. The lowest BCUT2D eigenvalue weighted by molar-refractivity contribution is -0.501. The summed E-state index contributed by atoms with van der Waals surface area (Å²) in [6.07, 6.45) is -0.0939. The molecular weight excluding hydrogens is 128 g/mol. The van der Waals surface area contributed by atoms with Gasteiger partial charge >= 0.3 is 5.97 Å². The molecule has 0 saturated heterocycles. The summed E-state index contributed by atoms with van der Waals surface area (Å²) in [5, 5.41) is 12.0.